The minimum atomic E-state index is -0.183. The number of aromatic nitrogens is 3. The van der Waals surface area contributed by atoms with Gasteiger partial charge >= 0.3 is 0 Å². The number of fused-ring (bicyclic) bond motifs is 1. The zero-order valence-electron chi connectivity index (χ0n) is 13.9. The summed E-state index contributed by atoms with van der Waals surface area (Å²) < 4.78 is 7.46. The van der Waals surface area contributed by atoms with E-state index in [0.717, 1.165) is 43.7 Å². The highest BCUT2D eigenvalue weighted by atomic mass is 35.5. The molecule has 1 aromatic carbocycles. The van der Waals surface area contributed by atoms with Gasteiger partial charge in [0.1, 0.15) is 5.75 Å². The first-order chi connectivity index (χ1) is 11.8. The van der Waals surface area contributed by atoms with Crippen molar-refractivity contribution < 1.29 is 9.53 Å². The Hall–Kier alpha value is -2.12. The number of hydrogen-bond acceptors (Lipinski definition) is 5. The fraction of sp³-hybridized carbons (Fsp3) is 0.471. The SMILES string of the molecule is Cl.O=C(NC1CCOc2ccccc21)c1cn(C2CCNCC2)nn1. The number of carbonyl (C=O) groups excluding carboxylic acids is 1. The molecule has 8 heteroatoms. The molecular formula is C17H22ClN5O2. The van der Waals surface area contributed by atoms with Crippen molar-refractivity contribution in [2.75, 3.05) is 19.7 Å². The van der Waals surface area contributed by atoms with Crippen LogP contribution in [0.3, 0.4) is 0 Å². The van der Waals surface area contributed by atoms with Gasteiger partial charge in [0.2, 0.25) is 0 Å². The van der Waals surface area contributed by atoms with E-state index in [-0.39, 0.29) is 24.4 Å². The molecule has 0 saturated carbocycles. The van der Waals surface area contributed by atoms with Crippen LogP contribution < -0.4 is 15.4 Å². The van der Waals surface area contributed by atoms with Crippen molar-refractivity contribution in [2.45, 2.75) is 31.3 Å². The zero-order valence-corrected chi connectivity index (χ0v) is 14.7. The predicted molar refractivity (Wildman–Crippen MR) is 95.2 cm³/mol. The second-order valence-electron chi connectivity index (χ2n) is 6.27. The summed E-state index contributed by atoms with van der Waals surface area (Å²) in [7, 11) is 0. The van der Waals surface area contributed by atoms with E-state index in [1.54, 1.807) is 6.20 Å². The van der Waals surface area contributed by atoms with Gasteiger partial charge < -0.3 is 15.4 Å². The van der Waals surface area contributed by atoms with Crippen molar-refractivity contribution in [1.29, 1.82) is 0 Å². The number of rotatable bonds is 3. The van der Waals surface area contributed by atoms with Gasteiger partial charge in [0.05, 0.1) is 24.9 Å². The minimum Gasteiger partial charge on any atom is -0.493 e. The van der Waals surface area contributed by atoms with Crippen LogP contribution in [0.2, 0.25) is 0 Å². The van der Waals surface area contributed by atoms with Crippen LogP contribution in [0.25, 0.3) is 0 Å². The Kier molecular flexibility index (Phi) is 5.55. The van der Waals surface area contributed by atoms with E-state index in [9.17, 15) is 4.79 Å². The Balaban J connectivity index is 0.00000182. The quantitative estimate of drug-likeness (QED) is 0.870. The van der Waals surface area contributed by atoms with Crippen LogP contribution in [0.1, 0.15) is 47.4 Å². The van der Waals surface area contributed by atoms with E-state index >= 15 is 0 Å². The summed E-state index contributed by atoms with van der Waals surface area (Å²) in [5, 5.41) is 14.6. The highest BCUT2D eigenvalue weighted by Crippen LogP contribution is 2.31. The number of ether oxygens (including phenoxy) is 1. The monoisotopic (exact) mass is 363 g/mol. The lowest BCUT2D eigenvalue weighted by Gasteiger charge is -2.26. The Morgan fingerprint density at radius 3 is 2.88 bits per heavy atom. The van der Waals surface area contributed by atoms with Crippen molar-refractivity contribution in [1.82, 2.24) is 25.6 Å². The number of nitrogens with zero attached hydrogens (tertiary/aromatic N) is 3. The molecule has 1 amide bonds. The maximum absolute atomic E-state index is 12.5. The third-order valence-electron chi connectivity index (χ3n) is 4.69. The second-order valence-corrected chi connectivity index (χ2v) is 6.27. The molecule has 134 valence electrons. The highest BCUT2D eigenvalue weighted by molar-refractivity contribution is 5.92. The van der Waals surface area contributed by atoms with Gasteiger partial charge in [-0.1, -0.05) is 23.4 Å². The third kappa shape index (κ3) is 3.77. The van der Waals surface area contributed by atoms with Gasteiger partial charge in [-0.05, 0) is 32.0 Å². The molecule has 1 unspecified atom stereocenters. The Morgan fingerprint density at radius 1 is 1.24 bits per heavy atom. The number of carbonyl (C=O) groups is 1. The molecule has 0 spiro atoms. The van der Waals surface area contributed by atoms with E-state index in [4.69, 9.17) is 4.74 Å². The average Bonchev–Trinajstić information content (AvgIpc) is 3.13. The van der Waals surface area contributed by atoms with E-state index in [0.29, 0.717) is 18.3 Å². The summed E-state index contributed by atoms with van der Waals surface area (Å²) in [6.45, 7) is 2.56. The molecule has 7 nitrogen and oxygen atoms in total. The van der Waals surface area contributed by atoms with Crippen LogP contribution in [0.4, 0.5) is 0 Å². The molecule has 1 fully saturated rings. The summed E-state index contributed by atoms with van der Waals surface area (Å²) in [5.74, 6) is 0.657. The van der Waals surface area contributed by atoms with Gasteiger partial charge in [0, 0.05) is 12.0 Å². The molecule has 1 aromatic heterocycles. The van der Waals surface area contributed by atoms with Gasteiger partial charge in [-0.25, -0.2) is 4.68 Å². The van der Waals surface area contributed by atoms with E-state index in [1.807, 2.05) is 28.9 Å². The molecule has 2 aromatic rings. The highest BCUT2D eigenvalue weighted by Gasteiger charge is 2.25. The summed E-state index contributed by atoms with van der Waals surface area (Å²) in [6, 6.07) is 8.09. The average molecular weight is 364 g/mol. The molecule has 2 N–H and O–H groups in total. The fourth-order valence-electron chi connectivity index (χ4n) is 3.35. The van der Waals surface area contributed by atoms with Gasteiger partial charge in [-0.2, -0.15) is 0 Å². The molecule has 25 heavy (non-hydrogen) atoms. The normalized spacial score (nSPS) is 20.1. The molecular weight excluding hydrogens is 342 g/mol. The summed E-state index contributed by atoms with van der Waals surface area (Å²) in [6.07, 6.45) is 4.54. The number of benzene rings is 1. The first-order valence-electron chi connectivity index (χ1n) is 8.46. The molecule has 4 rings (SSSR count). The van der Waals surface area contributed by atoms with Gasteiger partial charge in [-0.3, -0.25) is 4.79 Å². The third-order valence-corrected chi connectivity index (χ3v) is 4.69. The van der Waals surface area contributed by atoms with Crippen LogP contribution in [0.15, 0.2) is 30.5 Å². The van der Waals surface area contributed by atoms with Gasteiger partial charge in [-0.15, -0.1) is 17.5 Å². The van der Waals surface area contributed by atoms with Crippen LogP contribution in [0, 0.1) is 0 Å². The molecule has 0 bridgehead atoms. The lowest BCUT2D eigenvalue weighted by molar-refractivity contribution is 0.0919. The van der Waals surface area contributed by atoms with Crippen LogP contribution >= 0.6 is 12.4 Å². The predicted octanol–water partition coefficient (Wildman–Crippen LogP) is 1.88. The summed E-state index contributed by atoms with van der Waals surface area (Å²) in [4.78, 5) is 12.5. The van der Waals surface area contributed by atoms with Gasteiger partial charge in [0.15, 0.2) is 5.69 Å². The van der Waals surface area contributed by atoms with Crippen molar-refractivity contribution in [2.24, 2.45) is 0 Å². The van der Waals surface area contributed by atoms with Crippen molar-refractivity contribution >= 4 is 18.3 Å². The van der Waals surface area contributed by atoms with Crippen molar-refractivity contribution in [3.8, 4) is 5.75 Å². The number of para-hydroxylation sites is 1. The van der Waals surface area contributed by atoms with Crippen LogP contribution in [-0.4, -0.2) is 40.6 Å². The van der Waals surface area contributed by atoms with E-state index in [1.165, 1.54) is 0 Å². The number of piperidine rings is 1. The lowest BCUT2D eigenvalue weighted by Crippen LogP contribution is -2.32. The van der Waals surface area contributed by atoms with Gasteiger partial charge in [0.25, 0.3) is 5.91 Å². The second kappa shape index (κ2) is 7.84. The lowest BCUT2D eigenvalue weighted by atomic mass is 10.0. The first kappa shape index (κ1) is 17.7. The summed E-state index contributed by atoms with van der Waals surface area (Å²) >= 11 is 0. The topological polar surface area (TPSA) is 81.1 Å². The molecule has 1 saturated heterocycles. The van der Waals surface area contributed by atoms with E-state index < -0.39 is 0 Å². The zero-order chi connectivity index (χ0) is 16.4. The number of amides is 1. The maximum Gasteiger partial charge on any atom is 0.273 e. The number of nitrogens with one attached hydrogen (secondary N) is 2. The van der Waals surface area contributed by atoms with Crippen LogP contribution in [-0.2, 0) is 0 Å². The van der Waals surface area contributed by atoms with E-state index in [2.05, 4.69) is 20.9 Å². The molecule has 0 aliphatic carbocycles. The standard InChI is InChI=1S/C17H21N5O2.ClH/c23-17(15-11-22(21-20-15)12-5-8-18-9-6-12)19-14-7-10-24-16-4-2-1-3-13(14)16;/h1-4,11-12,14,18H,5-10H2,(H,19,23);1H. The summed E-state index contributed by atoms with van der Waals surface area (Å²) in [5.41, 5.74) is 1.39. The Morgan fingerprint density at radius 2 is 2.04 bits per heavy atom. The molecule has 1 atom stereocenters. The number of halogens is 1. The van der Waals surface area contributed by atoms with Crippen molar-refractivity contribution in [3.63, 3.8) is 0 Å². The smallest absolute Gasteiger partial charge is 0.273 e. The molecule has 2 aliphatic heterocycles. The molecule has 0 radical (unpaired) electrons. The largest absolute Gasteiger partial charge is 0.493 e. The maximum atomic E-state index is 12.5. The Labute approximate surface area is 152 Å². The number of hydrogen-bond donors (Lipinski definition) is 2. The first-order valence-corrected chi connectivity index (χ1v) is 8.46. The molecule has 2 aliphatic rings. The van der Waals surface area contributed by atoms with Crippen molar-refractivity contribution in [3.05, 3.63) is 41.7 Å². The van der Waals surface area contributed by atoms with Crippen LogP contribution in [0.5, 0.6) is 5.75 Å². The molecule has 3 heterocycles. The Bertz CT molecular complexity index is 729. The minimum absolute atomic E-state index is 0. The fourth-order valence-corrected chi connectivity index (χ4v) is 3.35.